The van der Waals surface area contributed by atoms with Gasteiger partial charge in [-0.3, -0.25) is 4.90 Å². The quantitative estimate of drug-likeness (QED) is 0.900. The van der Waals surface area contributed by atoms with Crippen molar-refractivity contribution in [3.05, 3.63) is 28.2 Å². The minimum absolute atomic E-state index is 0.344. The minimum atomic E-state index is 0.344. The maximum Gasteiger partial charge on any atom is 0.115 e. The highest BCUT2D eigenvalue weighted by atomic mass is 79.9. The molecule has 0 unspecified atom stereocenters. The Hall–Kier alpha value is -0.540. The molecule has 0 saturated carbocycles. The van der Waals surface area contributed by atoms with Gasteiger partial charge >= 0.3 is 0 Å². The molecule has 1 fully saturated rings. The summed E-state index contributed by atoms with van der Waals surface area (Å²) in [5.74, 6) is 0.344. The first-order valence-electron chi connectivity index (χ1n) is 5.66. The molecule has 1 heterocycles. The zero-order valence-electron chi connectivity index (χ0n) is 9.83. The molecule has 1 aliphatic rings. The first-order valence-corrected chi connectivity index (χ1v) is 6.45. The number of aromatic hydroxyl groups is 1. The molecule has 0 bridgehead atoms. The first-order chi connectivity index (χ1) is 7.46. The van der Waals surface area contributed by atoms with Crippen LogP contribution in [0.4, 0.5) is 0 Å². The molecule has 2 rings (SSSR count). The molecule has 0 spiro atoms. The molecular weight excluding hydrogens is 266 g/mol. The molecule has 88 valence electrons. The molecule has 1 aliphatic heterocycles. The van der Waals surface area contributed by atoms with Gasteiger partial charge in [-0.2, -0.15) is 0 Å². The molecule has 1 aromatic carbocycles. The average molecular weight is 284 g/mol. The summed E-state index contributed by atoms with van der Waals surface area (Å²) in [7, 11) is 0. The van der Waals surface area contributed by atoms with Gasteiger partial charge in [0.05, 0.1) is 0 Å². The Morgan fingerprint density at radius 2 is 2.19 bits per heavy atom. The highest BCUT2D eigenvalue weighted by Crippen LogP contribution is 2.31. The predicted octanol–water partition coefficient (Wildman–Crippen LogP) is 3.39. The van der Waals surface area contributed by atoms with Gasteiger partial charge in [0.15, 0.2) is 0 Å². The summed E-state index contributed by atoms with van der Waals surface area (Å²) in [6, 6.07) is 5.46. The Labute approximate surface area is 105 Å². The highest BCUT2D eigenvalue weighted by molar-refractivity contribution is 9.10. The number of phenolic OH excluding ortho intramolecular Hbond substituents is 1. The Kier molecular flexibility index (Phi) is 3.27. The van der Waals surface area contributed by atoms with E-state index in [0.717, 1.165) is 29.7 Å². The van der Waals surface area contributed by atoms with Crippen LogP contribution in [0, 0.1) is 5.41 Å². The number of likely N-dealkylation sites (tertiary alicyclic amines) is 1. The lowest BCUT2D eigenvalue weighted by Crippen LogP contribution is -2.23. The fourth-order valence-electron chi connectivity index (χ4n) is 2.28. The number of hydrogen-bond donors (Lipinski definition) is 1. The lowest BCUT2D eigenvalue weighted by atomic mass is 9.93. The van der Waals surface area contributed by atoms with Crippen molar-refractivity contribution >= 4 is 15.9 Å². The second-order valence-electron chi connectivity index (χ2n) is 5.40. The van der Waals surface area contributed by atoms with Crippen molar-refractivity contribution in [1.29, 1.82) is 0 Å². The van der Waals surface area contributed by atoms with Crippen molar-refractivity contribution in [3.63, 3.8) is 0 Å². The normalized spacial score (nSPS) is 20.2. The van der Waals surface area contributed by atoms with E-state index in [-0.39, 0.29) is 0 Å². The van der Waals surface area contributed by atoms with Crippen LogP contribution in [-0.2, 0) is 6.54 Å². The molecule has 3 heteroatoms. The molecule has 1 saturated heterocycles. The van der Waals surface area contributed by atoms with Gasteiger partial charge in [0, 0.05) is 17.6 Å². The average Bonchev–Trinajstić information content (AvgIpc) is 2.52. The molecular formula is C13H18BrNO. The summed E-state index contributed by atoms with van der Waals surface area (Å²) >= 11 is 3.53. The van der Waals surface area contributed by atoms with Crippen LogP contribution in [0.1, 0.15) is 25.8 Å². The Morgan fingerprint density at radius 3 is 2.81 bits per heavy atom. The van der Waals surface area contributed by atoms with Crippen LogP contribution in [0.2, 0.25) is 0 Å². The molecule has 0 aliphatic carbocycles. The Balaban J connectivity index is 2.07. The van der Waals surface area contributed by atoms with Gasteiger partial charge in [-0.25, -0.2) is 0 Å². The predicted molar refractivity (Wildman–Crippen MR) is 69.5 cm³/mol. The van der Waals surface area contributed by atoms with Gasteiger partial charge in [-0.1, -0.05) is 29.8 Å². The van der Waals surface area contributed by atoms with E-state index in [1.807, 2.05) is 12.1 Å². The number of phenols is 1. The second kappa shape index (κ2) is 4.38. The number of halogens is 1. The van der Waals surface area contributed by atoms with Crippen LogP contribution in [-0.4, -0.2) is 23.1 Å². The van der Waals surface area contributed by atoms with Crippen LogP contribution >= 0.6 is 15.9 Å². The lowest BCUT2D eigenvalue weighted by Gasteiger charge is -2.20. The number of rotatable bonds is 2. The third-order valence-corrected chi connectivity index (χ3v) is 3.95. The lowest BCUT2D eigenvalue weighted by molar-refractivity contribution is 0.283. The largest absolute Gasteiger partial charge is 0.508 e. The van der Waals surface area contributed by atoms with Crippen molar-refractivity contribution in [3.8, 4) is 5.75 Å². The fourth-order valence-corrected chi connectivity index (χ4v) is 2.65. The van der Waals surface area contributed by atoms with E-state index in [9.17, 15) is 5.11 Å². The Bertz CT molecular complexity index is 390. The molecule has 2 nitrogen and oxygen atoms in total. The third-order valence-electron chi connectivity index (χ3n) is 3.18. The van der Waals surface area contributed by atoms with E-state index in [1.54, 1.807) is 6.07 Å². The standard InChI is InChI=1S/C13H18BrNO/c1-13(2)5-6-15(9-13)8-10-7-11(16)3-4-12(10)14/h3-4,7,16H,5-6,8-9H2,1-2H3. The monoisotopic (exact) mass is 283 g/mol. The number of nitrogens with zero attached hydrogens (tertiary/aromatic N) is 1. The first kappa shape index (κ1) is 11.9. The van der Waals surface area contributed by atoms with Gasteiger partial charge in [0.2, 0.25) is 0 Å². The van der Waals surface area contributed by atoms with E-state index in [0.29, 0.717) is 11.2 Å². The summed E-state index contributed by atoms with van der Waals surface area (Å²) < 4.78 is 1.08. The van der Waals surface area contributed by atoms with Crippen molar-refractivity contribution in [2.24, 2.45) is 5.41 Å². The minimum Gasteiger partial charge on any atom is -0.508 e. The molecule has 0 amide bonds. The smallest absolute Gasteiger partial charge is 0.115 e. The van der Waals surface area contributed by atoms with Gasteiger partial charge in [0.1, 0.15) is 5.75 Å². The van der Waals surface area contributed by atoms with Gasteiger partial charge in [0.25, 0.3) is 0 Å². The van der Waals surface area contributed by atoms with E-state index in [1.165, 1.54) is 6.42 Å². The van der Waals surface area contributed by atoms with Crippen molar-refractivity contribution < 1.29 is 5.11 Å². The van der Waals surface area contributed by atoms with Crippen LogP contribution in [0.25, 0.3) is 0 Å². The van der Waals surface area contributed by atoms with Crippen LogP contribution in [0.5, 0.6) is 5.75 Å². The topological polar surface area (TPSA) is 23.5 Å². The van der Waals surface area contributed by atoms with Gasteiger partial charge in [-0.15, -0.1) is 0 Å². The van der Waals surface area contributed by atoms with E-state index >= 15 is 0 Å². The fraction of sp³-hybridized carbons (Fsp3) is 0.538. The van der Waals surface area contributed by atoms with E-state index < -0.39 is 0 Å². The van der Waals surface area contributed by atoms with Gasteiger partial charge < -0.3 is 5.11 Å². The van der Waals surface area contributed by atoms with Crippen molar-refractivity contribution in [1.82, 2.24) is 4.90 Å². The Morgan fingerprint density at radius 1 is 1.44 bits per heavy atom. The number of hydrogen-bond acceptors (Lipinski definition) is 2. The van der Waals surface area contributed by atoms with Crippen molar-refractivity contribution in [2.75, 3.05) is 13.1 Å². The summed E-state index contributed by atoms with van der Waals surface area (Å²) in [6.07, 6.45) is 1.25. The summed E-state index contributed by atoms with van der Waals surface area (Å²) in [5, 5.41) is 9.47. The zero-order valence-corrected chi connectivity index (χ0v) is 11.4. The second-order valence-corrected chi connectivity index (χ2v) is 6.25. The zero-order chi connectivity index (χ0) is 11.8. The highest BCUT2D eigenvalue weighted by Gasteiger charge is 2.29. The SMILES string of the molecule is CC1(C)CCN(Cc2cc(O)ccc2Br)C1. The molecule has 1 N–H and O–H groups in total. The molecule has 0 aromatic heterocycles. The van der Waals surface area contributed by atoms with Gasteiger partial charge in [-0.05, 0) is 42.1 Å². The summed E-state index contributed by atoms with van der Waals surface area (Å²) in [6.45, 7) is 7.82. The summed E-state index contributed by atoms with van der Waals surface area (Å²) in [4.78, 5) is 2.44. The van der Waals surface area contributed by atoms with Crippen LogP contribution in [0.3, 0.4) is 0 Å². The maximum atomic E-state index is 9.47. The number of benzene rings is 1. The van der Waals surface area contributed by atoms with E-state index in [2.05, 4.69) is 34.7 Å². The summed E-state index contributed by atoms with van der Waals surface area (Å²) in [5.41, 5.74) is 1.60. The van der Waals surface area contributed by atoms with Crippen molar-refractivity contribution in [2.45, 2.75) is 26.8 Å². The molecule has 0 radical (unpaired) electrons. The maximum absolute atomic E-state index is 9.47. The van der Waals surface area contributed by atoms with E-state index in [4.69, 9.17) is 0 Å². The van der Waals surface area contributed by atoms with Crippen LogP contribution in [0.15, 0.2) is 22.7 Å². The molecule has 0 atom stereocenters. The molecule has 1 aromatic rings. The molecule has 16 heavy (non-hydrogen) atoms. The third kappa shape index (κ3) is 2.77. The van der Waals surface area contributed by atoms with Crippen LogP contribution < -0.4 is 0 Å².